The Balaban J connectivity index is 1.65. The molecule has 0 bridgehead atoms. The number of aromatic nitrogens is 2. The number of hydrogen-bond acceptors (Lipinski definition) is 5. The molecule has 2 atom stereocenters. The first-order valence-corrected chi connectivity index (χ1v) is 9.09. The molecule has 0 radical (unpaired) electrons. The third kappa shape index (κ3) is 3.62. The first kappa shape index (κ1) is 17.0. The normalized spacial score (nSPS) is 21.3. The molecule has 24 heavy (non-hydrogen) atoms. The molecule has 1 fully saturated rings. The molecule has 130 valence electrons. The van der Waals surface area contributed by atoms with Crippen LogP contribution in [-0.2, 0) is 16.4 Å². The molecule has 1 aliphatic carbocycles. The summed E-state index contributed by atoms with van der Waals surface area (Å²) in [5.41, 5.74) is 0. The molecule has 3 rings (SSSR count). The maximum Gasteiger partial charge on any atom is 0.243 e. The van der Waals surface area contributed by atoms with Crippen LogP contribution in [0, 0.1) is 24.5 Å². The lowest BCUT2D eigenvalue weighted by Gasteiger charge is -2.14. The van der Waals surface area contributed by atoms with Crippen LogP contribution in [0.3, 0.4) is 0 Å². The molecule has 0 aliphatic heterocycles. The van der Waals surface area contributed by atoms with E-state index in [1.807, 2.05) is 0 Å². The van der Waals surface area contributed by atoms with Crippen molar-refractivity contribution < 1.29 is 21.6 Å². The SMILES string of the molecule is Cc1nnc(C[C@@H]2CC[C@H](NS(=O)(=O)c3cccc(F)c3F)C2)o1. The number of aryl methyl sites for hydroxylation is 1. The maximum absolute atomic E-state index is 13.7. The molecule has 1 aromatic heterocycles. The quantitative estimate of drug-likeness (QED) is 0.888. The van der Waals surface area contributed by atoms with Crippen LogP contribution in [0.2, 0.25) is 0 Å². The van der Waals surface area contributed by atoms with Crippen molar-refractivity contribution in [1.29, 1.82) is 0 Å². The highest BCUT2D eigenvalue weighted by Crippen LogP contribution is 2.30. The lowest BCUT2D eigenvalue weighted by Crippen LogP contribution is -2.33. The molecular formula is C15H17F2N3O3S. The van der Waals surface area contributed by atoms with Crippen molar-refractivity contribution in [2.24, 2.45) is 5.92 Å². The van der Waals surface area contributed by atoms with Gasteiger partial charge >= 0.3 is 0 Å². The zero-order valence-corrected chi connectivity index (χ0v) is 13.8. The molecule has 1 heterocycles. The smallest absolute Gasteiger partial charge is 0.243 e. The highest BCUT2D eigenvalue weighted by molar-refractivity contribution is 7.89. The van der Waals surface area contributed by atoms with Gasteiger partial charge in [-0.05, 0) is 37.3 Å². The van der Waals surface area contributed by atoms with Crippen molar-refractivity contribution in [3.05, 3.63) is 41.6 Å². The van der Waals surface area contributed by atoms with E-state index in [1.54, 1.807) is 6.92 Å². The van der Waals surface area contributed by atoms with Gasteiger partial charge in [0, 0.05) is 19.4 Å². The molecule has 0 spiro atoms. The van der Waals surface area contributed by atoms with E-state index in [-0.39, 0.29) is 12.0 Å². The Morgan fingerprint density at radius 2 is 2.08 bits per heavy atom. The zero-order chi connectivity index (χ0) is 17.3. The summed E-state index contributed by atoms with van der Waals surface area (Å²) in [6.45, 7) is 1.70. The summed E-state index contributed by atoms with van der Waals surface area (Å²) in [6, 6.07) is 2.77. The van der Waals surface area contributed by atoms with E-state index in [9.17, 15) is 17.2 Å². The lowest BCUT2D eigenvalue weighted by atomic mass is 10.0. The van der Waals surface area contributed by atoms with Gasteiger partial charge in [-0.3, -0.25) is 0 Å². The standard InChI is InChI=1S/C15H17F2N3O3S/c1-9-18-19-14(23-9)8-10-5-6-11(7-10)20-24(21,22)13-4-2-3-12(16)15(13)17/h2-4,10-11,20H,5-8H2,1H3/t10-,11+/m1/s1. The number of halogens is 2. The predicted molar refractivity (Wildman–Crippen MR) is 80.5 cm³/mol. The largest absolute Gasteiger partial charge is 0.426 e. The fourth-order valence-electron chi connectivity index (χ4n) is 3.01. The molecule has 1 aromatic carbocycles. The second-order valence-electron chi connectivity index (χ2n) is 5.97. The average molecular weight is 357 g/mol. The van der Waals surface area contributed by atoms with E-state index < -0.39 is 26.6 Å². The van der Waals surface area contributed by atoms with Crippen molar-refractivity contribution >= 4 is 10.0 Å². The maximum atomic E-state index is 13.7. The second-order valence-corrected chi connectivity index (χ2v) is 7.65. The molecule has 9 heteroatoms. The van der Waals surface area contributed by atoms with Gasteiger partial charge in [-0.15, -0.1) is 10.2 Å². The monoisotopic (exact) mass is 357 g/mol. The van der Waals surface area contributed by atoms with Gasteiger partial charge in [0.1, 0.15) is 4.90 Å². The predicted octanol–water partition coefficient (Wildman–Crippen LogP) is 2.35. The van der Waals surface area contributed by atoms with Crippen LogP contribution in [0.5, 0.6) is 0 Å². The van der Waals surface area contributed by atoms with Crippen LogP contribution < -0.4 is 4.72 Å². The summed E-state index contributed by atoms with van der Waals surface area (Å²) < 4.78 is 59.3. The lowest BCUT2D eigenvalue weighted by molar-refractivity contribution is 0.413. The third-order valence-electron chi connectivity index (χ3n) is 4.10. The number of hydrogen-bond donors (Lipinski definition) is 1. The molecule has 0 saturated heterocycles. The van der Waals surface area contributed by atoms with Crippen molar-refractivity contribution in [3.8, 4) is 0 Å². The fourth-order valence-corrected chi connectivity index (χ4v) is 4.38. The van der Waals surface area contributed by atoms with E-state index in [0.29, 0.717) is 31.0 Å². The Bertz CT molecular complexity index is 838. The highest BCUT2D eigenvalue weighted by atomic mass is 32.2. The molecule has 0 unspecified atom stereocenters. The van der Waals surface area contributed by atoms with Gasteiger partial charge in [0.2, 0.25) is 21.8 Å². The fraction of sp³-hybridized carbons (Fsp3) is 0.467. The van der Waals surface area contributed by atoms with Crippen molar-refractivity contribution in [2.75, 3.05) is 0 Å². The number of benzene rings is 1. The zero-order valence-electron chi connectivity index (χ0n) is 13.0. The summed E-state index contributed by atoms with van der Waals surface area (Å²) >= 11 is 0. The first-order chi connectivity index (χ1) is 11.3. The Morgan fingerprint density at radius 3 is 2.79 bits per heavy atom. The van der Waals surface area contributed by atoms with E-state index in [0.717, 1.165) is 18.6 Å². The number of nitrogens with one attached hydrogen (secondary N) is 1. The summed E-state index contributed by atoms with van der Waals surface area (Å²) in [4.78, 5) is -0.668. The topological polar surface area (TPSA) is 85.1 Å². The van der Waals surface area contributed by atoms with Gasteiger partial charge in [0.05, 0.1) is 0 Å². The third-order valence-corrected chi connectivity index (χ3v) is 5.64. The first-order valence-electron chi connectivity index (χ1n) is 7.60. The van der Waals surface area contributed by atoms with E-state index in [2.05, 4.69) is 14.9 Å². The van der Waals surface area contributed by atoms with Crippen LogP contribution >= 0.6 is 0 Å². The summed E-state index contributed by atoms with van der Waals surface area (Å²) in [5, 5.41) is 7.69. The van der Waals surface area contributed by atoms with Gasteiger partial charge in [-0.2, -0.15) is 0 Å². The van der Waals surface area contributed by atoms with E-state index >= 15 is 0 Å². The van der Waals surface area contributed by atoms with Gasteiger partial charge < -0.3 is 4.42 Å². The average Bonchev–Trinajstić information content (AvgIpc) is 3.11. The van der Waals surface area contributed by atoms with E-state index in [4.69, 9.17) is 4.42 Å². The number of sulfonamides is 1. The highest BCUT2D eigenvalue weighted by Gasteiger charge is 2.31. The Hall–Kier alpha value is -1.87. The molecule has 1 N–H and O–H groups in total. The van der Waals surface area contributed by atoms with Crippen molar-refractivity contribution in [1.82, 2.24) is 14.9 Å². The van der Waals surface area contributed by atoms with Gasteiger partial charge in [-0.1, -0.05) is 6.07 Å². The Morgan fingerprint density at radius 1 is 1.29 bits per heavy atom. The molecular weight excluding hydrogens is 340 g/mol. The van der Waals surface area contributed by atoms with Crippen LogP contribution in [0.1, 0.15) is 31.0 Å². The molecule has 6 nitrogen and oxygen atoms in total. The number of rotatable bonds is 5. The van der Waals surface area contributed by atoms with Crippen LogP contribution in [-0.4, -0.2) is 24.7 Å². The molecule has 1 aliphatic rings. The van der Waals surface area contributed by atoms with Crippen LogP contribution in [0.25, 0.3) is 0 Å². The summed E-state index contributed by atoms with van der Waals surface area (Å²) in [6.07, 6.45) is 2.57. The van der Waals surface area contributed by atoms with Gasteiger partial charge in [0.15, 0.2) is 11.6 Å². The van der Waals surface area contributed by atoms with Crippen molar-refractivity contribution in [3.63, 3.8) is 0 Å². The molecule has 2 aromatic rings. The minimum atomic E-state index is -4.11. The Labute approximate surface area is 138 Å². The molecule has 0 amide bonds. The van der Waals surface area contributed by atoms with Crippen LogP contribution in [0.4, 0.5) is 8.78 Å². The van der Waals surface area contributed by atoms with Crippen molar-refractivity contribution in [2.45, 2.75) is 43.5 Å². The number of nitrogens with zero attached hydrogens (tertiary/aromatic N) is 2. The summed E-state index contributed by atoms with van der Waals surface area (Å²) in [5.74, 6) is -1.33. The molecule has 1 saturated carbocycles. The Kier molecular flexibility index (Phi) is 4.64. The van der Waals surface area contributed by atoms with E-state index in [1.165, 1.54) is 6.07 Å². The minimum absolute atomic E-state index is 0.204. The van der Waals surface area contributed by atoms with Crippen LogP contribution in [0.15, 0.2) is 27.5 Å². The van der Waals surface area contributed by atoms with Gasteiger partial charge in [-0.25, -0.2) is 21.9 Å². The minimum Gasteiger partial charge on any atom is -0.426 e. The summed E-state index contributed by atoms with van der Waals surface area (Å²) in [7, 11) is -4.11. The van der Waals surface area contributed by atoms with Gasteiger partial charge in [0.25, 0.3) is 0 Å². The second kappa shape index (κ2) is 6.56.